The maximum Gasteiger partial charge on any atom is 0.152 e. The third kappa shape index (κ3) is 3.46. The quantitative estimate of drug-likeness (QED) is 0.409. The highest BCUT2D eigenvalue weighted by atomic mass is 16.2. The van der Waals surface area contributed by atoms with Crippen molar-refractivity contribution in [3.63, 3.8) is 0 Å². The maximum atomic E-state index is 13.4. The number of nitrogens with zero attached hydrogens (tertiary/aromatic N) is 2. The fourth-order valence-corrected chi connectivity index (χ4v) is 4.22. The van der Waals surface area contributed by atoms with Crippen molar-refractivity contribution < 1.29 is 9.59 Å². The number of rotatable bonds is 6. The highest BCUT2D eigenvalue weighted by Gasteiger charge is 2.47. The van der Waals surface area contributed by atoms with E-state index in [4.69, 9.17) is 0 Å². The standard InChI is InChI=1S/C27H22N2O2/c1-19(30)27(20(2)31,23-15-9-17-28-25(23)21-11-5-3-6-12-21)24-16-10-18-29-26(24)22-13-7-4-8-14-22/h3-18H,1-2H3. The van der Waals surface area contributed by atoms with Crippen molar-refractivity contribution >= 4 is 11.6 Å². The monoisotopic (exact) mass is 406 g/mol. The number of benzene rings is 2. The molecule has 0 unspecified atom stereocenters. The lowest BCUT2D eigenvalue weighted by molar-refractivity contribution is -0.130. The third-order valence-corrected chi connectivity index (χ3v) is 5.57. The lowest BCUT2D eigenvalue weighted by Gasteiger charge is -2.32. The zero-order chi connectivity index (χ0) is 21.8. The molecule has 2 heterocycles. The molecule has 2 aromatic carbocycles. The lowest BCUT2D eigenvalue weighted by atomic mass is 9.67. The molecule has 4 aromatic rings. The fourth-order valence-electron chi connectivity index (χ4n) is 4.22. The molecule has 0 aliphatic rings. The first kappa shape index (κ1) is 20.4. The van der Waals surface area contributed by atoms with E-state index in [0.717, 1.165) is 11.1 Å². The Labute approximate surface area is 181 Å². The van der Waals surface area contributed by atoms with Crippen molar-refractivity contribution in [2.75, 3.05) is 0 Å². The summed E-state index contributed by atoms with van der Waals surface area (Å²) in [5.41, 5.74) is 2.49. The van der Waals surface area contributed by atoms with Gasteiger partial charge in [-0.15, -0.1) is 0 Å². The number of ketones is 2. The topological polar surface area (TPSA) is 59.9 Å². The largest absolute Gasteiger partial charge is 0.298 e. The second-order valence-corrected chi connectivity index (χ2v) is 7.39. The van der Waals surface area contributed by atoms with Crippen LogP contribution in [0.3, 0.4) is 0 Å². The van der Waals surface area contributed by atoms with Crippen LogP contribution < -0.4 is 0 Å². The van der Waals surface area contributed by atoms with Crippen LogP contribution in [0.15, 0.2) is 97.3 Å². The summed E-state index contributed by atoms with van der Waals surface area (Å²) in [6, 6.07) is 26.4. The van der Waals surface area contributed by atoms with Crippen LogP contribution >= 0.6 is 0 Å². The first-order valence-electron chi connectivity index (χ1n) is 10.1. The minimum absolute atomic E-state index is 0.268. The maximum absolute atomic E-state index is 13.4. The van der Waals surface area contributed by atoms with E-state index in [2.05, 4.69) is 9.97 Å². The van der Waals surface area contributed by atoms with Gasteiger partial charge in [0.25, 0.3) is 0 Å². The summed E-state index contributed by atoms with van der Waals surface area (Å²) in [5.74, 6) is -0.536. The molecule has 0 saturated carbocycles. The summed E-state index contributed by atoms with van der Waals surface area (Å²) < 4.78 is 0. The molecule has 0 saturated heterocycles. The molecule has 0 amide bonds. The minimum Gasteiger partial charge on any atom is -0.298 e. The van der Waals surface area contributed by atoms with Gasteiger partial charge in [-0.1, -0.05) is 72.8 Å². The molecule has 152 valence electrons. The molecule has 4 nitrogen and oxygen atoms in total. The molecule has 0 atom stereocenters. The average Bonchev–Trinajstić information content (AvgIpc) is 2.81. The molecule has 0 spiro atoms. The van der Waals surface area contributed by atoms with Gasteiger partial charge in [-0.25, -0.2) is 0 Å². The second-order valence-electron chi connectivity index (χ2n) is 7.39. The number of pyridine rings is 2. The molecule has 0 aliphatic heterocycles. The van der Waals surface area contributed by atoms with Crippen LogP contribution in [0.4, 0.5) is 0 Å². The van der Waals surface area contributed by atoms with E-state index in [-0.39, 0.29) is 11.6 Å². The Morgan fingerprint density at radius 1 is 0.581 bits per heavy atom. The van der Waals surface area contributed by atoms with Crippen LogP contribution in [0, 0.1) is 0 Å². The average molecular weight is 406 g/mol. The van der Waals surface area contributed by atoms with E-state index in [1.807, 2.05) is 72.8 Å². The smallest absolute Gasteiger partial charge is 0.152 e. The fraction of sp³-hybridized carbons (Fsp3) is 0.111. The van der Waals surface area contributed by atoms with Gasteiger partial charge in [0, 0.05) is 34.6 Å². The summed E-state index contributed by atoms with van der Waals surface area (Å²) in [5, 5.41) is 0. The van der Waals surface area contributed by atoms with Crippen molar-refractivity contribution in [2.45, 2.75) is 19.3 Å². The van der Waals surface area contributed by atoms with Gasteiger partial charge in [0.05, 0.1) is 11.4 Å². The van der Waals surface area contributed by atoms with Crippen molar-refractivity contribution in [3.8, 4) is 22.5 Å². The van der Waals surface area contributed by atoms with Gasteiger partial charge >= 0.3 is 0 Å². The van der Waals surface area contributed by atoms with E-state index < -0.39 is 5.41 Å². The Bertz CT molecular complexity index is 1140. The van der Waals surface area contributed by atoms with Crippen molar-refractivity contribution in [1.82, 2.24) is 9.97 Å². The Kier molecular flexibility index (Phi) is 5.54. The Morgan fingerprint density at radius 2 is 0.968 bits per heavy atom. The molecular weight excluding hydrogens is 384 g/mol. The minimum atomic E-state index is -1.53. The molecule has 0 fully saturated rings. The van der Waals surface area contributed by atoms with Gasteiger partial charge in [-0.05, 0) is 26.0 Å². The molecule has 4 heteroatoms. The molecule has 0 aliphatic carbocycles. The molecular formula is C27H22N2O2. The van der Waals surface area contributed by atoms with Crippen LogP contribution in [0.2, 0.25) is 0 Å². The molecule has 4 rings (SSSR count). The first-order valence-corrected chi connectivity index (χ1v) is 10.1. The van der Waals surface area contributed by atoms with E-state index in [1.54, 1.807) is 24.5 Å². The highest BCUT2D eigenvalue weighted by Crippen LogP contribution is 2.42. The molecule has 2 aromatic heterocycles. The molecule has 0 N–H and O–H groups in total. The summed E-state index contributed by atoms with van der Waals surface area (Å²) in [4.78, 5) is 36.0. The Hall–Kier alpha value is -3.92. The molecule has 31 heavy (non-hydrogen) atoms. The summed E-state index contributed by atoms with van der Waals surface area (Å²) in [7, 11) is 0. The van der Waals surface area contributed by atoms with Crippen molar-refractivity contribution in [1.29, 1.82) is 0 Å². The number of Topliss-reactive ketones (excluding diaryl/α,β-unsaturated/α-hetero) is 2. The molecule has 0 radical (unpaired) electrons. The first-order chi connectivity index (χ1) is 15.1. The van der Waals surface area contributed by atoms with Gasteiger partial charge < -0.3 is 0 Å². The number of hydrogen-bond acceptors (Lipinski definition) is 4. The van der Waals surface area contributed by atoms with Crippen LogP contribution in [-0.4, -0.2) is 21.5 Å². The van der Waals surface area contributed by atoms with Gasteiger partial charge in [0.1, 0.15) is 5.41 Å². The zero-order valence-electron chi connectivity index (χ0n) is 17.4. The Balaban J connectivity index is 2.09. The van der Waals surface area contributed by atoms with Crippen LogP contribution in [0.5, 0.6) is 0 Å². The van der Waals surface area contributed by atoms with Crippen molar-refractivity contribution in [3.05, 3.63) is 108 Å². The van der Waals surface area contributed by atoms with Gasteiger partial charge in [0.2, 0.25) is 0 Å². The number of hydrogen-bond donors (Lipinski definition) is 0. The SMILES string of the molecule is CC(=O)C(C(C)=O)(c1cccnc1-c1ccccc1)c1cccnc1-c1ccccc1. The lowest BCUT2D eigenvalue weighted by Crippen LogP contribution is -2.43. The number of aromatic nitrogens is 2. The van der Waals surface area contributed by atoms with Gasteiger partial charge in [-0.2, -0.15) is 0 Å². The van der Waals surface area contributed by atoms with Gasteiger partial charge in [0.15, 0.2) is 11.6 Å². The third-order valence-electron chi connectivity index (χ3n) is 5.57. The van der Waals surface area contributed by atoms with E-state index in [9.17, 15) is 9.59 Å². The van der Waals surface area contributed by atoms with Crippen molar-refractivity contribution in [2.24, 2.45) is 0 Å². The van der Waals surface area contributed by atoms with Crippen LogP contribution in [0.1, 0.15) is 25.0 Å². The number of carbonyl (C=O) groups is 2. The summed E-state index contributed by atoms with van der Waals surface area (Å²) in [6.07, 6.45) is 3.36. The van der Waals surface area contributed by atoms with Gasteiger partial charge in [-0.3, -0.25) is 19.6 Å². The Morgan fingerprint density at radius 3 is 1.32 bits per heavy atom. The van der Waals surface area contributed by atoms with E-state index in [1.165, 1.54) is 13.8 Å². The van der Waals surface area contributed by atoms with Crippen LogP contribution in [-0.2, 0) is 15.0 Å². The predicted octanol–water partition coefficient (Wildman–Crippen LogP) is 5.27. The predicted molar refractivity (Wildman–Crippen MR) is 121 cm³/mol. The summed E-state index contributed by atoms with van der Waals surface area (Å²) >= 11 is 0. The van der Waals surface area contributed by atoms with E-state index >= 15 is 0 Å². The normalized spacial score (nSPS) is 11.2. The number of carbonyl (C=O) groups excluding carboxylic acids is 2. The highest BCUT2D eigenvalue weighted by molar-refractivity contribution is 6.16. The summed E-state index contributed by atoms with van der Waals surface area (Å²) in [6.45, 7) is 2.93. The van der Waals surface area contributed by atoms with E-state index in [0.29, 0.717) is 22.5 Å². The second kappa shape index (κ2) is 8.44. The van der Waals surface area contributed by atoms with Crippen LogP contribution in [0.25, 0.3) is 22.5 Å². The molecule has 0 bridgehead atoms. The zero-order valence-corrected chi connectivity index (χ0v) is 17.4.